The number of H-pyrrole nitrogens is 1. The Morgan fingerprint density at radius 1 is 1.47 bits per heavy atom. The molecule has 1 aliphatic heterocycles. The number of hydrogen-bond donors (Lipinski definition) is 1. The van der Waals surface area contributed by atoms with Gasteiger partial charge in [0.1, 0.15) is 5.56 Å². The minimum Gasteiger partial charge on any atom is -0.469 e. The first-order valence-electron chi connectivity index (χ1n) is 6.09. The highest BCUT2D eigenvalue weighted by molar-refractivity contribution is 5.94. The number of pyridine rings is 1. The van der Waals surface area contributed by atoms with E-state index < -0.39 is 0 Å². The van der Waals surface area contributed by atoms with Crippen LogP contribution in [0.25, 0.3) is 0 Å². The summed E-state index contributed by atoms with van der Waals surface area (Å²) in [5.41, 5.74) is 0.509. The largest absolute Gasteiger partial charge is 0.469 e. The summed E-state index contributed by atoms with van der Waals surface area (Å²) in [5, 5.41) is 0. The van der Waals surface area contributed by atoms with Crippen molar-refractivity contribution in [3.63, 3.8) is 0 Å². The summed E-state index contributed by atoms with van der Waals surface area (Å²) in [7, 11) is 1.33. The molecule has 0 aliphatic carbocycles. The van der Waals surface area contributed by atoms with Crippen molar-refractivity contribution in [2.24, 2.45) is 5.92 Å². The van der Waals surface area contributed by atoms with Gasteiger partial charge in [-0.05, 0) is 13.3 Å². The minimum atomic E-state index is -0.340. The molecule has 0 saturated carbocycles. The topological polar surface area (TPSA) is 79.5 Å². The number of carbonyl (C=O) groups is 2. The maximum absolute atomic E-state index is 12.2. The molecule has 102 valence electrons. The zero-order valence-electron chi connectivity index (χ0n) is 10.9. The Morgan fingerprint density at radius 2 is 2.21 bits per heavy atom. The molecule has 1 aromatic rings. The van der Waals surface area contributed by atoms with Crippen LogP contribution < -0.4 is 5.43 Å². The van der Waals surface area contributed by atoms with E-state index in [2.05, 4.69) is 9.72 Å². The van der Waals surface area contributed by atoms with Gasteiger partial charge in [0.15, 0.2) is 5.43 Å². The summed E-state index contributed by atoms with van der Waals surface area (Å²) in [4.78, 5) is 39.7. The molecular formula is C13H16N2O4. The van der Waals surface area contributed by atoms with Gasteiger partial charge in [-0.15, -0.1) is 0 Å². The van der Waals surface area contributed by atoms with Crippen molar-refractivity contribution in [3.05, 3.63) is 33.7 Å². The lowest BCUT2D eigenvalue weighted by molar-refractivity contribution is -0.144. The molecule has 6 heteroatoms. The number of carbonyl (C=O) groups excluding carboxylic acids is 2. The average molecular weight is 264 g/mol. The molecule has 1 N–H and O–H groups in total. The fourth-order valence-corrected chi connectivity index (χ4v) is 2.21. The molecule has 1 aromatic heterocycles. The molecular weight excluding hydrogens is 248 g/mol. The summed E-state index contributed by atoms with van der Waals surface area (Å²) in [6.45, 7) is 2.52. The number of amides is 1. The zero-order chi connectivity index (χ0) is 14.0. The number of aryl methyl sites for hydroxylation is 1. The van der Waals surface area contributed by atoms with Crippen LogP contribution in [0.15, 0.2) is 17.1 Å². The summed E-state index contributed by atoms with van der Waals surface area (Å²) < 4.78 is 4.66. The molecule has 1 saturated heterocycles. The van der Waals surface area contributed by atoms with Crippen LogP contribution in [0.3, 0.4) is 0 Å². The number of rotatable bonds is 2. The summed E-state index contributed by atoms with van der Waals surface area (Å²) in [6.07, 6.45) is 1.99. The van der Waals surface area contributed by atoms with Gasteiger partial charge in [0.25, 0.3) is 5.91 Å². The number of esters is 1. The van der Waals surface area contributed by atoms with Gasteiger partial charge in [-0.2, -0.15) is 0 Å². The number of ether oxygens (including phenoxy) is 1. The SMILES string of the molecule is COC(=O)C1CCN(C(=O)c2c[nH]c(C)cc2=O)C1. The number of likely N-dealkylation sites (tertiary alicyclic amines) is 1. The highest BCUT2D eigenvalue weighted by Gasteiger charge is 2.32. The molecule has 19 heavy (non-hydrogen) atoms. The lowest BCUT2D eigenvalue weighted by Crippen LogP contribution is -2.33. The van der Waals surface area contributed by atoms with E-state index in [-0.39, 0.29) is 28.8 Å². The van der Waals surface area contributed by atoms with Crippen LogP contribution in [-0.4, -0.2) is 42.0 Å². The van der Waals surface area contributed by atoms with E-state index in [0.717, 1.165) is 0 Å². The Morgan fingerprint density at radius 3 is 2.84 bits per heavy atom. The van der Waals surface area contributed by atoms with E-state index in [9.17, 15) is 14.4 Å². The minimum absolute atomic E-state index is 0.108. The summed E-state index contributed by atoms with van der Waals surface area (Å²) >= 11 is 0. The van der Waals surface area contributed by atoms with E-state index in [1.165, 1.54) is 24.3 Å². The van der Waals surface area contributed by atoms with Crippen LogP contribution in [0.5, 0.6) is 0 Å². The molecule has 1 unspecified atom stereocenters. The molecule has 0 spiro atoms. The number of aromatic nitrogens is 1. The lowest BCUT2D eigenvalue weighted by Gasteiger charge is -2.15. The Balaban J connectivity index is 2.13. The lowest BCUT2D eigenvalue weighted by atomic mass is 10.1. The number of aromatic amines is 1. The second-order valence-electron chi connectivity index (χ2n) is 4.65. The third kappa shape index (κ3) is 2.67. The van der Waals surface area contributed by atoms with Gasteiger partial charge in [-0.25, -0.2) is 0 Å². The highest BCUT2D eigenvalue weighted by Crippen LogP contribution is 2.18. The molecule has 0 radical (unpaired) electrons. The molecule has 2 heterocycles. The third-order valence-electron chi connectivity index (χ3n) is 3.30. The molecule has 1 atom stereocenters. The molecule has 1 fully saturated rings. The highest BCUT2D eigenvalue weighted by atomic mass is 16.5. The van der Waals surface area contributed by atoms with Crippen molar-refractivity contribution in [2.45, 2.75) is 13.3 Å². The van der Waals surface area contributed by atoms with E-state index in [1.54, 1.807) is 6.92 Å². The van der Waals surface area contributed by atoms with Crippen molar-refractivity contribution < 1.29 is 14.3 Å². The average Bonchev–Trinajstić information content (AvgIpc) is 2.86. The molecule has 1 amide bonds. The van der Waals surface area contributed by atoms with E-state index in [4.69, 9.17) is 0 Å². The molecule has 0 aromatic carbocycles. The first kappa shape index (κ1) is 13.3. The first-order chi connectivity index (χ1) is 9.02. The molecule has 1 aliphatic rings. The predicted octanol–water partition coefficient (Wildman–Crippen LogP) is 0.318. The van der Waals surface area contributed by atoms with Crippen LogP contribution >= 0.6 is 0 Å². The first-order valence-corrected chi connectivity index (χ1v) is 6.09. The number of hydrogen-bond acceptors (Lipinski definition) is 4. The van der Waals surface area contributed by atoms with Crippen LogP contribution in [0.4, 0.5) is 0 Å². The van der Waals surface area contributed by atoms with Crippen molar-refractivity contribution in [3.8, 4) is 0 Å². The van der Waals surface area contributed by atoms with Crippen molar-refractivity contribution >= 4 is 11.9 Å². The molecule has 2 rings (SSSR count). The quantitative estimate of drug-likeness (QED) is 0.780. The fraction of sp³-hybridized carbons (Fsp3) is 0.462. The Labute approximate surface area is 110 Å². The van der Waals surface area contributed by atoms with Crippen molar-refractivity contribution in [1.29, 1.82) is 0 Å². The standard InChI is InChI=1S/C13H16N2O4/c1-8-5-11(16)10(6-14-8)12(17)15-4-3-9(7-15)13(18)19-2/h5-6,9H,3-4,7H2,1-2H3,(H,14,16). The second kappa shape index (κ2) is 5.26. The maximum atomic E-state index is 12.2. The normalized spacial score (nSPS) is 18.4. The van der Waals surface area contributed by atoms with E-state index in [0.29, 0.717) is 25.2 Å². The number of nitrogens with zero attached hydrogens (tertiary/aromatic N) is 1. The fourth-order valence-electron chi connectivity index (χ4n) is 2.21. The monoisotopic (exact) mass is 264 g/mol. The van der Waals surface area contributed by atoms with Gasteiger partial charge < -0.3 is 14.6 Å². The van der Waals surface area contributed by atoms with Gasteiger partial charge in [-0.3, -0.25) is 14.4 Å². The van der Waals surface area contributed by atoms with E-state index in [1.807, 2.05) is 0 Å². The van der Waals surface area contributed by atoms with Crippen LogP contribution in [0, 0.1) is 12.8 Å². The predicted molar refractivity (Wildman–Crippen MR) is 67.8 cm³/mol. The Bertz CT molecular complexity index is 564. The van der Waals surface area contributed by atoms with Gasteiger partial charge in [0, 0.05) is 31.0 Å². The van der Waals surface area contributed by atoms with Crippen molar-refractivity contribution in [1.82, 2.24) is 9.88 Å². The molecule has 6 nitrogen and oxygen atoms in total. The van der Waals surface area contributed by atoms with Crippen LogP contribution in [0.2, 0.25) is 0 Å². The number of nitrogens with one attached hydrogen (secondary N) is 1. The Hall–Kier alpha value is -2.11. The Kier molecular flexibility index (Phi) is 3.69. The van der Waals surface area contributed by atoms with Crippen molar-refractivity contribution in [2.75, 3.05) is 20.2 Å². The summed E-state index contributed by atoms with van der Waals surface area (Å²) in [5.74, 6) is -0.945. The smallest absolute Gasteiger partial charge is 0.310 e. The van der Waals surface area contributed by atoms with Gasteiger partial charge in [0.2, 0.25) is 0 Å². The number of methoxy groups -OCH3 is 1. The van der Waals surface area contributed by atoms with Gasteiger partial charge in [0.05, 0.1) is 13.0 Å². The molecule has 0 bridgehead atoms. The maximum Gasteiger partial charge on any atom is 0.310 e. The van der Waals surface area contributed by atoms with Crippen LogP contribution in [0.1, 0.15) is 22.5 Å². The summed E-state index contributed by atoms with van der Waals surface area (Å²) in [6, 6.07) is 1.39. The van der Waals surface area contributed by atoms with E-state index >= 15 is 0 Å². The van der Waals surface area contributed by atoms with Crippen LogP contribution in [-0.2, 0) is 9.53 Å². The third-order valence-corrected chi connectivity index (χ3v) is 3.30. The zero-order valence-corrected chi connectivity index (χ0v) is 10.9. The van der Waals surface area contributed by atoms with Gasteiger partial charge >= 0.3 is 5.97 Å². The van der Waals surface area contributed by atoms with Gasteiger partial charge in [-0.1, -0.05) is 0 Å². The second-order valence-corrected chi connectivity index (χ2v) is 4.65.